The fourth-order valence-electron chi connectivity index (χ4n) is 7.89. The first-order valence-electron chi connectivity index (χ1n) is 13.2. The zero-order chi connectivity index (χ0) is 22.5. The molecule has 2 spiro atoms. The van der Waals surface area contributed by atoms with Crippen LogP contribution < -0.4 is 0 Å². The van der Waals surface area contributed by atoms with Crippen LogP contribution in [0.3, 0.4) is 0 Å². The summed E-state index contributed by atoms with van der Waals surface area (Å²) < 4.78 is 0. The van der Waals surface area contributed by atoms with Crippen molar-refractivity contribution in [2.45, 2.75) is 97.9 Å². The Hall–Kier alpha value is -0.610. The Morgan fingerprint density at radius 2 is 1.29 bits per heavy atom. The molecule has 0 aromatic heterocycles. The molecular weight excluding hydrogens is 382 g/mol. The van der Waals surface area contributed by atoms with Crippen LogP contribution in [0.5, 0.6) is 0 Å². The summed E-state index contributed by atoms with van der Waals surface area (Å²) in [6, 6.07) is 0. The minimum atomic E-state index is -0.288. The van der Waals surface area contributed by atoms with Gasteiger partial charge in [0.05, 0.1) is 0 Å². The average Bonchev–Trinajstić information content (AvgIpc) is 2.69. The smallest absolute Gasteiger partial charge is 0.228 e. The molecule has 0 unspecified atom stereocenters. The van der Waals surface area contributed by atoms with E-state index in [2.05, 4.69) is 56.4 Å². The minimum Gasteiger partial charge on any atom is -0.342 e. The molecule has 4 fully saturated rings. The number of hydrogen-bond acceptors (Lipinski definition) is 3. The Bertz CT molecular complexity index is 635. The third kappa shape index (κ3) is 4.86. The number of carbonyl (C=O) groups is 1. The number of likely N-dealkylation sites (tertiary alicyclic amines) is 3. The van der Waals surface area contributed by atoms with Crippen LogP contribution in [0.25, 0.3) is 0 Å². The predicted octanol–water partition coefficient (Wildman–Crippen LogP) is 5.03. The summed E-state index contributed by atoms with van der Waals surface area (Å²) in [6.07, 6.45) is 11.6. The van der Waals surface area contributed by atoms with Crippen LogP contribution in [-0.2, 0) is 4.79 Å². The molecule has 1 saturated carbocycles. The van der Waals surface area contributed by atoms with Gasteiger partial charge >= 0.3 is 0 Å². The molecule has 31 heavy (non-hydrogen) atoms. The van der Waals surface area contributed by atoms with Crippen molar-refractivity contribution in [1.82, 2.24) is 14.7 Å². The fourth-order valence-corrected chi connectivity index (χ4v) is 7.89. The Labute approximate surface area is 192 Å². The lowest BCUT2D eigenvalue weighted by atomic mass is 9.58. The maximum atomic E-state index is 13.5. The monoisotopic (exact) mass is 431 g/mol. The molecule has 4 heteroatoms. The molecule has 3 saturated heterocycles. The van der Waals surface area contributed by atoms with Crippen molar-refractivity contribution in [1.29, 1.82) is 0 Å². The number of carbonyl (C=O) groups excluding carboxylic acids is 1. The van der Waals surface area contributed by atoms with E-state index in [1.165, 1.54) is 77.5 Å². The van der Waals surface area contributed by atoms with E-state index in [9.17, 15) is 4.79 Å². The highest BCUT2D eigenvalue weighted by atomic mass is 16.2. The SMILES string of the molecule is CC1CC2(CCN(C(=O)C(C)(C)CC(C)(C)N3CCC4(CCN(C)CC4)CC3)CC2)C1. The summed E-state index contributed by atoms with van der Waals surface area (Å²) >= 11 is 0. The highest BCUT2D eigenvalue weighted by Crippen LogP contribution is 2.52. The van der Waals surface area contributed by atoms with E-state index in [1.807, 2.05) is 0 Å². The summed E-state index contributed by atoms with van der Waals surface area (Å²) in [4.78, 5) is 20.9. The quantitative estimate of drug-likeness (QED) is 0.625. The Balaban J connectivity index is 1.30. The van der Waals surface area contributed by atoms with Gasteiger partial charge < -0.3 is 9.80 Å². The van der Waals surface area contributed by atoms with Crippen molar-refractivity contribution in [3.63, 3.8) is 0 Å². The standard InChI is InChI=1S/C27H49N3O/c1-22-19-27(20-22)9-15-29(16-10-27)23(31)24(2,3)21-25(4,5)30-17-11-26(12-18-30)7-13-28(6)14-8-26/h22H,7-21H2,1-6H3. The summed E-state index contributed by atoms with van der Waals surface area (Å²) in [5.41, 5.74) is 0.959. The molecule has 0 aromatic carbocycles. The Kier molecular flexibility index (Phi) is 6.31. The fraction of sp³-hybridized carbons (Fsp3) is 0.963. The molecule has 0 radical (unpaired) electrons. The zero-order valence-corrected chi connectivity index (χ0v) is 21.4. The number of hydrogen-bond donors (Lipinski definition) is 0. The van der Waals surface area contributed by atoms with Crippen LogP contribution in [0.15, 0.2) is 0 Å². The van der Waals surface area contributed by atoms with Gasteiger partial charge in [0.25, 0.3) is 0 Å². The lowest BCUT2D eigenvalue weighted by Crippen LogP contribution is -2.56. The van der Waals surface area contributed by atoms with E-state index < -0.39 is 0 Å². The molecule has 178 valence electrons. The molecule has 3 aliphatic heterocycles. The highest BCUT2D eigenvalue weighted by Gasteiger charge is 2.47. The Morgan fingerprint density at radius 3 is 1.81 bits per heavy atom. The third-order valence-corrected chi connectivity index (χ3v) is 9.86. The lowest BCUT2D eigenvalue weighted by molar-refractivity contribution is -0.147. The number of rotatable bonds is 4. The first kappa shape index (κ1) is 23.5. The largest absolute Gasteiger partial charge is 0.342 e. The van der Waals surface area contributed by atoms with Crippen LogP contribution in [0.1, 0.15) is 92.4 Å². The summed E-state index contributed by atoms with van der Waals surface area (Å²) in [5.74, 6) is 1.30. The van der Waals surface area contributed by atoms with E-state index in [4.69, 9.17) is 0 Å². The minimum absolute atomic E-state index is 0.0760. The van der Waals surface area contributed by atoms with Crippen LogP contribution in [-0.4, -0.2) is 72.5 Å². The maximum Gasteiger partial charge on any atom is 0.228 e. The molecule has 4 rings (SSSR count). The van der Waals surface area contributed by atoms with Gasteiger partial charge in [0.2, 0.25) is 5.91 Å². The van der Waals surface area contributed by atoms with Crippen LogP contribution in [0.2, 0.25) is 0 Å². The molecule has 0 aromatic rings. The van der Waals surface area contributed by atoms with Crippen molar-refractivity contribution in [3.05, 3.63) is 0 Å². The summed E-state index contributed by atoms with van der Waals surface area (Å²) in [7, 11) is 2.26. The second-order valence-electron chi connectivity index (χ2n) is 13.5. The van der Waals surface area contributed by atoms with Crippen LogP contribution >= 0.6 is 0 Å². The van der Waals surface area contributed by atoms with Gasteiger partial charge in [-0.15, -0.1) is 0 Å². The van der Waals surface area contributed by atoms with Gasteiger partial charge in [-0.25, -0.2) is 0 Å². The van der Waals surface area contributed by atoms with Crippen molar-refractivity contribution in [2.24, 2.45) is 22.2 Å². The first-order valence-corrected chi connectivity index (χ1v) is 13.2. The number of nitrogens with zero attached hydrogens (tertiary/aromatic N) is 3. The molecule has 1 amide bonds. The molecule has 0 bridgehead atoms. The van der Waals surface area contributed by atoms with Gasteiger partial charge in [-0.05, 0) is 122 Å². The van der Waals surface area contributed by atoms with Crippen molar-refractivity contribution < 1.29 is 4.79 Å². The second-order valence-corrected chi connectivity index (χ2v) is 13.5. The van der Waals surface area contributed by atoms with E-state index in [1.54, 1.807) is 0 Å². The van der Waals surface area contributed by atoms with E-state index >= 15 is 0 Å². The molecule has 3 heterocycles. The van der Waals surface area contributed by atoms with E-state index in [-0.39, 0.29) is 11.0 Å². The lowest BCUT2D eigenvalue weighted by Gasteiger charge is -2.53. The number of piperidine rings is 3. The molecular formula is C27H49N3O. The summed E-state index contributed by atoms with van der Waals surface area (Å²) in [5, 5.41) is 0. The maximum absolute atomic E-state index is 13.5. The van der Waals surface area contributed by atoms with E-state index in [0.29, 0.717) is 16.7 Å². The normalized spacial score (nSPS) is 28.1. The van der Waals surface area contributed by atoms with Gasteiger partial charge in [0.1, 0.15) is 0 Å². The molecule has 4 aliphatic rings. The highest BCUT2D eigenvalue weighted by molar-refractivity contribution is 5.82. The predicted molar refractivity (Wildman–Crippen MR) is 129 cm³/mol. The van der Waals surface area contributed by atoms with Crippen LogP contribution in [0, 0.1) is 22.2 Å². The van der Waals surface area contributed by atoms with Crippen molar-refractivity contribution >= 4 is 5.91 Å². The van der Waals surface area contributed by atoms with Gasteiger partial charge in [0, 0.05) is 24.0 Å². The second kappa shape index (κ2) is 8.31. The van der Waals surface area contributed by atoms with Crippen molar-refractivity contribution in [3.8, 4) is 0 Å². The van der Waals surface area contributed by atoms with Gasteiger partial charge in [-0.1, -0.05) is 20.8 Å². The zero-order valence-electron chi connectivity index (χ0n) is 21.4. The van der Waals surface area contributed by atoms with Gasteiger partial charge in [-0.2, -0.15) is 0 Å². The first-order chi connectivity index (χ1) is 14.4. The third-order valence-electron chi connectivity index (χ3n) is 9.86. The average molecular weight is 432 g/mol. The van der Waals surface area contributed by atoms with Gasteiger partial charge in [0.15, 0.2) is 0 Å². The molecule has 4 nitrogen and oxygen atoms in total. The van der Waals surface area contributed by atoms with Crippen molar-refractivity contribution in [2.75, 3.05) is 46.3 Å². The molecule has 0 atom stereocenters. The number of amides is 1. The summed E-state index contributed by atoms with van der Waals surface area (Å²) in [6.45, 7) is 18.4. The molecule has 1 aliphatic carbocycles. The topological polar surface area (TPSA) is 26.8 Å². The van der Waals surface area contributed by atoms with Crippen LogP contribution in [0.4, 0.5) is 0 Å². The van der Waals surface area contributed by atoms with Gasteiger partial charge in [-0.3, -0.25) is 9.69 Å². The Morgan fingerprint density at radius 1 is 0.806 bits per heavy atom. The molecule has 0 N–H and O–H groups in total. The van der Waals surface area contributed by atoms with E-state index in [0.717, 1.165) is 25.4 Å².